The minimum atomic E-state index is -0.487. The van der Waals surface area contributed by atoms with E-state index >= 15 is 0 Å². The minimum absolute atomic E-state index is 0.487. The molecule has 0 bridgehead atoms. The van der Waals surface area contributed by atoms with Crippen LogP contribution in [0.5, 0.6) is 0 Å². The van der Waals surface area contributed by atoms with Gasteiger partial charge in [-0.05, 0) is 0 Å². The molecule has 0 saturated carbocycles. The summed E-state index contributed by atoms with van der Waals surface area (Å²) in [6.45, 7) is 0. The Morgan fingerprint density at radius 2 is 0.917 bits per heavy atom. The zero-order valence-electron chi connectivity index (χ0n) is 9.06. The molecule has 0 fully saturated rings. The molecular formula is C10H24Te2+2. The van der Waals surface area contributed by atoms with Crippen LogP contribution in [-0.2, 0) is 0 Å². The normalized spacial score (nSPS) is 11.5. The number of rotatable bonds is 7. The van der Waals surface area contributed by atoms with Crippen molar-refractivity contribution in [2.45, 2.75) is 54.5 Å². The molecule has 2 heteroatoms. The van der Waals surface area contributed by atoms with Crippen LogP contribution in [0.3, 0.4) is 0 Å². The Bertz CT molecular complexity index is 77.8. The summed E-state index contributed by atoms with van der Waals surface area (Å²) in [5.74, 6) is 0. The molecule has 0 saturated heterocycles. The van der Waals surface area contributed by atoms with Crippen LogP contribution in [0.1, 0.15) is 25.7 Å². The molecule has 74 valence electrons. The quantitative estimate of drug-likeness (QED) is 0.448. The second-order valence-corrected chi connectivity index (χ2v) is 17.4. The van der Waals surface area contributed by atoms with Gasteiger partial charge in [0.05, 0.1) is 0 Å². The van der Waals surface area contributed by atoms with Crippen LogP contribution in [0.25, 0.3) is 0 Å². The summed E-state index contributed by atoms with van der Waals surface area (Å²) in [6.07, 6.45) is 6.11. The van der Waals surface area contributed by atoms with Gasteiger partial charge in [0.2, 0.25) is 0 Å². The Kier molecular flexibility index (Phi) is 10.4. The first-order valence-corrected chi connectivity index (χ1v) is 17.3. The third-order valence-corrected chi connectivity index (χ3v) is 8.16. The molecule has 0 aromatic rings. The van der Waals surface area contributed by atoms with Crippen LogP contribution in [0.15, 0.2) is 0 Å². The Hall–Kier alpha value is 1.58. The van der Waals surface area contributed by atoms with Crippen molar-refractivity contribution in [3.05, 3.63) is 0 Å². The Balaban J connectivity index is 2.91. The second-order valence-electron chi connectivity index (χ2n) is 3.79. The van der Waals surface area contributed by atoms with Gasteiger partial charge in [0.1, 0.15) is 0 Å². The zero-order valence-corrected chi connectivity index (χ0v) is 13.7. The summed E-state index contributed by atoms with van der Waals surface area (Å²) < 4.78 is 3.20. The van der Waals surface area contributed by atoms with Gasteiger partial charge in [-0.2, -0.15) is 0 Å². The van der Waals surface area contributed by atoms with E-state index in [0.717, 1.165) is 0 Å². The van der Waals surface area contributed by atoms with Gasteiger partial charge in [0, 0.05) is 0 Å². The van der Waals surface area contributed by atoms with E-state index in [1.165, 1.54) is 25.7 Å². The monoisotopic (exact) mass is 404 g/mol. The molecule has 0 aliphatic carbocycles. The first-order valence-electron chi connectivity index (χ1n) is 4.71. The van der Waals surface area contributed by atoms with Gasteiger partial charge in [-0.1, -0.05) is 0 Å². The summed E-state index contributed by atoms with van der Waals surface area (Å²) >= 11 is -0.973. The number of unbranched alkanes of at least 4 members (excludes halogenated alkanes) is 3. The van der Waals surface area contributed by atoms with Crippen LogP contribution in [-0.4, -0.2) is 39.1 Å². The van der Waals surface area contributed by atoms with Crippen molar-refractivity contribution in [1.82, 2.24) is 0 Å². The molecule has 0 spiro atoms. The van der Waals surface area contributed by atoms with Gasteiger partial charge >= 0.3 is 93.6 Å². The summed E-state index contributed by atoms with van der Waals surface area (Å²) in [4.78, 5) is 9.97. The van der Waals surface area contributed by atoms with Gasteiger partial charge < -0.3 is 0 Å². The van der Waals surface area contributed by atoms with E-state index < -0.39 is 39.1 Å². The summed E-state index contributed by atoms with van der Waals surface area (Å²) in [5, 5.41) is 0. The van der Waals surface area contributed by atoms with E-state index in [0.29, 0.717) is 0 Å². The van der Waals surface area contributed by atoms with Crippen molar-refractivity contribution in [3.63, 3.8) is 0 Å². The Morgan fingerprint density at radius 1 is 0.583 bits per heavy atom. The van der Waals surface area contributed by atoms with E-state index in [2.05, 4.69) is 19.9 Å². The molecule has 0 aliphatic heterocycles. The average Bonchev–Trinajstić information content (AvgIpc) is 1.95. The predicted octanol–water partition coefficient (Wildman–Crippen LogP) is 4.06. The van der Waals surface area contributed by atoms with Gasteiger partial charge in [0.25, 0.3) is 0 Å². The van der Waals surface area contributed by atoms with Crippen molar-refractivity contribution in [2.75, 3.05) is 0 Å². The van der Waals surface area contributed by atoms with Crippen molar-refractivity contribution in [3.8, 4) is 0 Å². The molecule has 0 N–H and O–H groups in total. The molecule has 0 heterocycles. The third kappa shape index (κ3) is 11.6. The Morgan fingerprint density at radius 3 is 1.17 bits per heavy atom. The van der Waals surface area contributed by atoms with Crippen molar-refractivity contribution in [1.29, 1.82) is 0 Å². The molecule has 0 nitrogen and oxygen atoms in total. The first-order chi connectivity index (χ1) is 5.63. The van der Waals surface area contributed by atoms with Gasteiger partial charge in [-0.3, -0.25) is 0 Å². The van der Waals surface area contributed by atoms with E-state index in [-0.39, 0.29) is 0 Å². The van der Waals surface area contributed by atoms with Gasteiger partial charge in [-0.25, -0.2) is 0 Å². The maximum absolute atomic E-state index is 2.49. The number of hydrogen-bond donors (Lipinski definition) is 0. The summed E-state index contributed by atoms with van der Waals surface area (Å²) in [7, 11) is 0. The SMILES string of the molecule is C[Te+](C)CCCCCC[Te+](C)C. The molecule has 0 aromatic heterocycles. The van der Waals surface area contributed by atoms with Crippen LogP contribution in [0.4, 0.5) is 0 Å². The average molecular weight is 400 g/mol. The zero-order chi connectivity index (χ0) is 9.40. The van der Waals surface area contributed by atoms with Crippen LogP contribution < -0.4 is 0 Å². The van der Waals surface area contributed by atoms with Crippen LogP contribution in [0.2, 0.25) is 28.8 Å². The molecule has 0 aromatic carbocycles. The molecule has 12 heavy (non-hydrogen) atoms. The standard InChI is InChI=1S/C10H24Te2/c1-11(2)9-7-5-6-8-10-12(3)4/h5-10H2,1-4H3/q+2. The molecule has 0 rings (SSSR count). The Labute approximate surface area is 92.8 Å². The fourth-order valence-corrected chi connectivity index (χ4v) is 5.60. The molecule has 0 radical (unpaired) electrons. The van der Waals surface area contributed by atoms with E-state index in [9.17, 15) is 0 Å². The van der Waals surface area contributed by atoms with Crippen LogP contribution >= 0.6 is 0 Å². The molecular weight excluding hydrogens is 375 g/mol. The van der Waals surface area contributed by atoms with Crippen LogP contribution in [0, 0.1) is 0 Å². The first kappa shape index (κ1) is 13.6. The van der Waals surface area contributed by atoms with Crippen molar-refractivity contribution >= 4 is 39.1 Å². The fraction of sp³-hybridized carbons (Fsp3) is 1.00. The van der Waals surface area contributed by atoms with E-state index in [1.54, 1.807) is 8.94 Å². The molecule has 0 aliphatic rings. The predicted molar refractivity (Wildman–Crippen MR) is 63.0 cm³/mol. The molecule has 0 unspecified atom stereocenters. The van der Waals surface area contributed by atoms with E-state index in [1.807, 2.05) is 0 Å². The van der Waals surface area contributed by atoms with Gasteiger partial charge in [0.15, 0.2) is 0 Å². The fourth-order valence-electron chi connectivity index (χ4n) is 1.14. The van der Waals surface area contributed by atoms with Gasteiger partial charge in [-0.15, -0.1) is 0 Å². The summed E-state index contributed by atoms with van der Waals surface area (Å²) in [6, 6.07) is 0. The molecule has 0 atom stereocenters. The van der Waals surface area contributed by atoms with E-state index in [4.69, 9.17) is 0 Å². The van der Waals surface area contributed by atoms with Crippen molar-refractivity contribution in [2.24, 2.45) is 0 Å². The third-order valence-electron chi connectivity index (χ3n) is 1.86. The summed E-state index contributed by atoms with van der Waals surface area (Å²) in [5.41, 5.74) is 0. The molecule has 0 amide bonds. The second kappa shape index (κ2) is 9.15. The maximum atomic E-state index is 2.49. The van der Waals surface area contributed by atoms with Crippen molar-refractivity contribution < 1.29 is 0 Å². The topological polar surface area (TPSA) is 0 Å². The number of hydrogen-bond acceptors (Lipinski definition) is 0.